The molecule has 83 heavy (non-hydrogen) atoms. The van der Waals surface area contributed by atoms with E-state index in [1.165, 1.54) is 11.1 Å². The predicted octanol–water partition coefficient (Wildman–Crippen LogP) is 3.95. The Hall–Kier alpha value is -4.18. The maximum absolute atomic E-state index is 14.6. The Bertz CT molecular complexity index is 2660. The molecule has 3 saturated heterocycles. The molecule has 6 unspecified atom stereocenters. The van der Waals surface area contributed by atoms with Gasteiger partial charge in [0.05, 0.1) is 72.7 Å². The van der Waals surface area contributed by atoms with E-state index in [0.29, 0.717) is 49.7 Å². The van der Waals surface area contributed by atoms with Crippen molar-refractivity contribution in [2.24, 2.45) is 34.2 Å². The number of oxime groups is 1. The summed E-state index contributed by atoms with van der Waals surface area (Å²) in [6, 6.07) is 5.06. The van der Waals surface area contributed by atoms with E-state index < -0.39 is 125 Å². The maximum Gasteiger partial charge on any atom is 0.341 e. The standard InChI is InChI=1S/C59H97N5O18S/c1-15-47-59(73,16-2)54(69)38(8)50(61-77-32-49(66)63(13)14)35(5)29-58(10,33-65)48(81-57-52(68)45(62(11)12)26-36(6)78-57)28-46(37(7)56(72)80-47)76-31-41-25-34(4)53(39(9)79-41)82-83(74,75)24-23-60-22-18-19-40-20-21-44-42(27-40)51(67)43(55(70)71)30-64(44)17-3/h20-21,27,30,34-39,41,45-48,52-54,57,60,65,68-69,73H,15-19,22-26,28-29,31-33H2,1-14H3,(H,70,71)/b61-50+/t34?,35-,36-,37?,38+,39?,41-,45+,46+,47-,48-,52?,53-,54?,57+,58?,59-/m1/s1. The molecule has 0 spiro atoms. The number of carboxylic acids is 1. The van der Waals surface area contributed by atoms with Gasteiger partial charge in [0.2, 0.25) is 5.43 Å². The number of aromatic carboxylic acids is 1. The van der Waals surface area contributed by atoms with Crippen molar-refractivity contribution in [3.63, 3.8) is 0 Å². The zero-order valence-corrected chi connectivity index (χ0v) is 52.1. The molecular weight excluding hydrogens is 1100 g/mol. The van der Waals surface area contributed by atoms with Crippen molar-refractivity contribution in [1.29, 1.82) is 0 Å². The van der Waals surface area contributed by atoms with E-state index in [2.05, 4.69) is 10.5 Å². The molecule has 0 saturated carbocycles. The van der Waals surface area contributed by atoms with Crippen LogP contribution in [-0.2, 0) is 65.4 Å². The fourth-order valence-corrected chi connectivity index (χ4v) is 13.2. The van der Waals surface area contributed by atoms with Crippen LogP contribution >= 0.6 is 0 Å². The summed E-state index contributed by atoms with van der Waals surface area (Å²) in [5, 5.41) is 65.5. The van der Waals surface area contributed by atoms with Crippen LogP contribution in [0.1, 0.15) is 130 Å². The van der Waals surface area contributed by atoms with E-state index in [9.17, 15) is 53.1 Å². The third-order valence-electron chi connectivity index (χ3n) is 17.3. The van der Waals surface area contributed by atoms with E-state index in [1.807, 2.05) is 58.8 Å². The summed E-state index contributed by atoms with van der Waals surface area (Å²) < 4.78 is 67.0. The quantitative estimate of drug-likeness (QED) is 0.0397. The van der Waals surface area contributed by atoms with Crippen molar-refractivity contribution < 1.29 is 81.0 Å². The summed E-state index contributed by atoms with van der Waals surface area (Å²) in [6.45, 7) is 17.8. The monoisotopic (exact) mass is 1200 g/mol. The fourth-order valence-electron chi connectivity index (χ4n) is 12.1. The van der Waals surface area contributed by atoms with Crippen molar-refractivity contribution in [1.82, 2.24) is 19.7 Å². The van der Waals surface area contributed by atoms with Gasteiger partial charge in [-0.05, 0) is 123 Å². The number of rotatable bonds is 23. The number of carbonyl (C=O) groups excluding carboxylic acids is 2. The highest BCUT2D eigenvalue weighted by Gasteiger charge is 2.51. The third-order valence-corrected chi connectivity index (χ3v) is 18.5. The molecule has 1 aromatic carbocycles. The van der Waals surface area contributed by atoms with Gasteiger partial charge in [0, 0.05) is 62.6 Å². The second-order valence-electron chi connectivity index (χ2n) is 24.2. The molecule has 1 amide bonds. The van der Waals surface area contributed by atoms with Crippen molar-refractivity contribution in [3.05, 3.63) is 45.7 Å². The Morgan fingerprint density at radius 3 is 2.27 bits per heavy atom. The summed E-state index contributed by atoms with van der Waals surface area (Å²) in [5.41, 5.74) is -2.29. The van der Waals surface area contributed by atoms with Crippen molar-refractivity contribution >= 4 is 44.6 Å². The molecule has 0 bridgehead atoms. The van der Waals surface area contributed by atoms with Crippen LogP contribution in [0.2, 0.25) is 0 Å². The average Bonchev–Trinajstić information content (AvgIpc) is 3.62. The number of amides is 1. The molecular formula is C59H97N5O18S. The van der Waals surface area contributed by atoms with Crippen LogP contribution in [0.25, 0.3) is 10.9 Å². The molecule has 3 aliphatic rings. The molecule has 17 atom stereocenters. The SMILES string of the molecule is CC[C@H]1OC(=O)C(C)[C@@H](OC[C@H]2CC(C)[C@@H](OS(=O)(=O)CCNCCCc3ccc4c(c3)c(=O)c(C(=O)O)cn4CC)C(C)O2)C[C@@H](O[C@@H]2O[C@H](C)C[C@H](N(C)C)C2O)C(C)(CO)C[C@@H](C)/C(=N\OCC(=O)N(C)C)[C@H](C)C(O)[C@@]1(O)CC. The number of carbonyl (C=O) groups is 3. The lowest BCUT2D eigenvalue weighted by molar-refractivity contribution is -0.287. The summed E-state index contributed by atoms with van der Waals surface area (Å²) >= 11 is 0. The molecule has 3 fully saturated rings. The summed E-state index contributed by atoms with van der Waals surface area (Å²) in [6.07, 6.45) is -6.12. The molecule has 24 heteroatoms. The molecule has 1 aromatic heterocycles. The number of cyclic esters (lactones) is 1. The van der Waals surface area contributed by atoms with Crippen LogP contribution in [0.4, 0.5) is 0 Å². The van der Waals surface area contributed by atoms with Gasteiger partial charge in [0.15, 0.2) is 12.9 Å². The lowest BCUT2D eigenvalue weighted by atomic mass is 9.70. The first-order valence-electron chi connectivity index (χ1n) is 29.5. The maximum atomic E-state index is 14.6. The number of nitrogens with zero attached hydrogens (tertiary/aromatic N) is 4. The lowest BCUT2D eigenvalue weighted by Crippen LogP contribution is -2.58. The molecule has 4 heterocycles. The number of aliphatic hydroxyl groups is 4. The highest BCUT2D eigenvalue weighted by molar-refractivity contribution is 7.86. The van der Waals surface area contributed by atoms with Crippen LogP contribution in [0.15, 0.2) is 34.3 Å². The first-order valence-corrected chi connectivity index (χ1v) is 31.1. The van der Waals surface area contributed by atoms with Gasteiger partial charge in [-0.3, -0.25) is 18.6 Å². The Morgan fingerprint density at radius 1 is 0.964 bits per heavy atom. The van der Waals surface area contributed by atoms with Crippen LogP contribution in [0.5, 0.6) is 0 Å². The average molecular weight is 1200 g/mol. The molecule has 0 aliphatic carbocycles. The third kappa shape index (κ3) is 17.5. The van der Waals surface area contributed by atoms with Gasteiger partial charge in [-0.1, -0.05) is 52.8 Å². The Balaban J connectivity index is 1.34. The van der Waals surface area contributed by atoms with E-state index >= 15 is 0 Å². The highest BCUT2D eigenvalue weighted by Crippen LogP contribution is 2.42. The van der Waals surface area contributed by atoms with Gasteiger partial charge in [0.1, 0.15) is 29.5 Å². The number of aliphatic hydroxyl groups excluding tert-OH is 3. The first kappa shape index (κ1) is 69.6. The number of carboxylic acid groups (broad SMARTS) is 1. The van der Waals surface area contributed by atoms with Crippen molar-refractivity contribution in [2.75, 3.05) is 66.9 Å². The lowest BCUT2D eigenvalue weighted by Gasteiger charge is -2.47. The highest BCUT2D eigenvalue weighted by atomic mass is 32.2. The number of pyridine rings is 1. The Kier molecular flexibility index (Phi) is 25.5. The van der Waals surface area contributed by atoms with Crippen LogP contribution in [0, 0.1) is 29.1 Å². The summed E-state index contributed by atoms with van der Waals surface area (Å²) in [4.78, 5) is 60.8. The van der Waals surface area contributed by atoms with Gasteiger partial charge in [-0.2, -0.15) is 8.42 Å². The minimum Gasteiger partial charge on any atom is -0.477 e. The molecule has 6 N–H and O–H groups in total. The number of likely N-dealkylation sites (N-methyl/N-ethyl adjacent to an activating group) is 2. The number of aryl methyl sites for hydroxylation is 2. The molecule has 0 radical (unpaired) electrons. The van der Waals surface area contributed by atoms with Gasteiger partial charge in [0.25, 0.3) is 16.0 Å². The van der Waals surface area contributed by atoms with Gasteiger partial charge in [-0.25, -0.2) is 4.79 Å². The number of esters is 1. The predicted molar refractivity (Wildman–Crippen MR) is 311 cm³/mol. The minimum absolute atomic E-state index is 0.0285. The first-order chi connectivity index (χ1) is 38.9. The molecule has 3 aliphatic heterocycles. The second kappa shape index (κ2) is 30.4. The van der Waals surface area contributed by atoms with Crippen LogP contribution in [-0.4, -0.2) is 212 Å². The number of hydrogen-bond acceptors (Lipinski definition) is 20. The van der Waals surface area contributed by atoms with E-state index in [0.717, 1.165) is 5.56 Å². The smallest absolute Gasteiger partial charge is 0.341 e. The minimum atomic E-state index is -4.05. The number of hydrogen-bond donors (Lipinski definition) is 6. The van der Waals surface area contributed by atoms with Gasteiger partial charge < -0.3 is 73.7 Å². The number of aromatic nitrogens is 1. The molecule has 23 nitrogen and oxygen atoms in total. The van der Waals surface area contributed by atoms with Crippen LogP contribution in [0.3, 0.4) is 0 Å². The molecule has 472 valence electrons. The topological polar surface area (TPSA) is 304 Å². The zero-order valence-electron chi connectivity index (χ0n) is 51.3. The number of nitrogens with one attached hydrogen (secondary N) is 1. The summed E-state index contributed by atoms with van der Waals surface area (Å²) in [7, 11) is 2.81. The number of benzene rings is 1. The van der Waals surface area contributed by atoms with Gasteiger partial charge in [-0.15, -0.1) is 0 Å². The second-order valence-corrected chi connectivity index (χ2v) is 25.9. The molecule has 2 aromatic rings. The summed E-state index contributed by atoms with van der Waals surface area (Å²) in [5.74, 6) is -5.65. The number of ether oxygens (including phenoxy) is 5. The van der Waals surface area contributed by atoms with Gasteiger partial charge >= 0.3 is 11.9 Å². The van der Waals surface area contributed by atoms with Crippen LogP contribution < -0.4 is 10.7 Å². The largest absolute Gasteiger partial charge is 0.477 e. The normalized spacial score (nSPS) is 33.9. The fraction of sp³-hybridized carbons (Fsp3) is 0.780. The van der Waals surface area contributed by atoms with Crippen molar-refractivity contribution in [2.45, 2.75) is 200 Å². The molecule has 5 rings (SSSR count). The Morgan fingerprint density at radius 2 is 1.66 bits per heavy atom. The zero-order chi connectivity index (χ0) is 61.9. The van der Waals surface area contributed by atoms with E-state index in [-0.39, 0.29) is 79.8 Å². The number of fused-ring (bicyclic) bond motifs is 1. The van der Waals surface area contributed by atoms with E-state index in [1.54, 1.807) is 66.3 Å². The van der Waals surface area contributed by atoms with Crippen molar-refractivity contribution in [3.8, 4) is 0 Å². The van der Waals surface area contributed by atoms with E-state index in [4.69, 9.17) is 32.7 Å². The Labute approximate surface area is 490 Å².